The fourth-order valence-electron chi connectivity index (χ4n) is 4.93. The standard InChI is InChI=1S/C37H36N2O10/c38-30-29(24-45-33(40)26-15-7-2-8-16-26)47-36(44-22-21-39-37(43)46-23-25-13-5-1-6-14-25)32(49-35(42)28-19-11-4-12-20-28)31(30)48-34(41)27-17-9-3-10-18-27/h1-20,29-32,36H,21-24,38H2,(H,39,43)/t29-,30-,31+,32-,36-/m1/s1. The van der Waals surface area contributed by atoms with E-state index in [9.17, 15) is 19.2 Å². The summed E-state index contributed by atoms with van der Waals surface area (Å²) >= 11 is 0. The lowest BCUT2D eigenvalue weighted by molar-refractivity contribution is -0.274. The lowest BCUT2D eigenvalue weighted by Gasteiger charge is -2.43. The van der Waals surface area contributed by atoms with Crippen LogP contribution in [0.1, 0.15) is 36.6 Å². The average Bonchev–Trinajstić information content (AvgIpc) is 3.15. The van der Waals surface area contributed by atoms with Crippen molar-refractivity contribution in [2.24, 2.45) is 5.73 Å². The van der Waals surface area contributed by atoms with Gasteiger partial charge in [-0.3, -0.25) is 0 Å². The average molecular weight is 669 g/mol. The van der Waals surface area contributed by atoms with Crippen molar-refractivity contribution in [3.05, 3.63) is 144 Å². The monoisotopic (exact) mass is 668 g/mol. The van der Waals surface area contributed by atoms with Crippen LogP contribution in [-0.4, -0.2) is 74.4 Å². The quantitative estimate of drug-likeness (QED) is 0.119. The number of carbonyl (C=O) groups is 4. The molecule has 0 saturated carbocycles. The van der Waals surface area contributed by atoms with Crippen LogP contribution in [0.15, 0.2) is 121 Å². The summed E-state index contributed by atoms with van der Waals surface area (Å²) in [5, 5.41) is 2.59. The first-order valence-electron chi connectivity index (χ1n) is 15.6. The van der Waals surface area contributed by atoms with Gasteiger partial charge in [0, 0.05) is 6.54 Å². The molecule has 5 rings (SSSR count). The minimum atomic E-state index is -1.36. The third kappa shape index (κ3) is 9.97. The normalized spacial score (nSPS) is 20.0. The highest BCUT2D eigenvalue weighted by Crippen LogP contribution is 2.28. The zero-order valence-corrected chi connectivity index (χ0v) is 26.4. The predicted octanol–water partition coefficient (Wildman–Crippen LogP) is 4.29. The lowest BCUT2D eigenvalue weighted by Crippen LogP contribution is -2.65. The molecule has 49 heavy (non-hydrogen) atoms. The summed E-state index contributed by atoms with van der Waals surface area (Å²) in [6.45, 7) is -0.402. The highest BCUT2D eigenvalue weighted by molar-refractivity contribution is 5.90. The number of nitrogens with two attached hydrogens (primary N) is 1. The molecule has 1 fully saturated rings. The van der Waals surface area contributed by atoms with Gasteiger partial charge in [0.15, 0.2) is 18.5 Å². The first-order chi connectivity index (χ1) is 23.9. The Hall–Kier alpha value is -5.56. The van der Waals surface area contributed by atoms with Gasteiger partial charge in [-0.15, -0.1) is 0 Å². The molecule has 1 aliphatic heterocycles. The second-order valence-electron chi connectivity index (χ2n) is 10.9. The molecular weight excluding hydrogens is 632 g/mol. The number of nitrogens with one attached hydrogen (secondary N) is 1. The Labute approximate surface area is 283 Å². The maximum atomic E-state index is 13.3. The maximum absolute atomic E-state index is 13.3. The van der Waals surface area contributed by atoms with Crippen molar-refractivity contribution in [2.45, 2.75) is 37.3 Å². The van der Waals surface area contributed by atoms with E-state index in [2.05, 4.69) is 5.32 Å². The summed E-state index contributed by atoms with van der Waals surface area (Å²) in [5.74, 6) is -2.10. The van der Waals surface area contributed by atoms with Crippen molar-refractivity contribution in [1.82, 2.24) is 5.32 Å². The highest BCUT2D eigenvalue weighted by Gasteiger charge is 2.50. The molecule has 0 aliphatic carbocycles. The summed E-state index contributed by atoms with van der Waals surface area (Å²) in [7, 11) is 0. The zero-order valence-electron chi connectivity index (χ0n) is 26.4. The van der Waals surface area contributed by atoms with E-state index in [0.717, 1.165) is 5.56 Å². The summed E-state index contributed by atoms with van der Waals surface area (Å²) in [4.78, 5) is 51.6. The number of esters is 3. The summed E-state index contributed by atoms with van der Waals surface area (Å²) in [6, 6.07) is 32.8. The second kappa shape index (κ2) is 17.6. The third-order valence-electron chi connectivity index (χ3n) is 7.47. The lowest BCUT2D eigenvalue weighted by atomic mass is 9.96. The first kappa shape index (κ1) is 34.8. The number of benzene rings is 4. The van der Waals surface area contributed by atoms with E-state index in [1.54, 1.807) is 91.0 Å². The van der Waals surface area contributed by atoms with Gasteiger partial charge < -0.3 is 39.5 Å². The Morgan fingerprint density at radius 3 is 1.67 bits per heavy atom. The van der Waals surface area contributed by atoms with Gasteiger partial charge in [0.05, 0.1) is 29.3 Å². The second-order valence-corrected chi connectivity index (χ2v) is 10.9. The van der Waals surface area contributed by atoms with Crippen LogP contribution in [0, 0.1) is 0 Å². The van der Waals surface area contributed by atoms with Crippen LogP contribution in [0.4, 0.5) is 4.79 Å². The van der Waals surface area contributed by atoms with E-state index in [1.807, 2.05) is 30.3 Å². The molecule has 12 nitrogen and oxygen atoms in total. The fraction of sp³-hybridized carbons (Fsp3) is 0.243. The topological polar surface area (TPSA) is 162 Å². The predicted molar refractivity (Wildman–Crippen MR) is 175 cm³/mol. The van der Waals surface area contributed by atoms with E-state index in [0.29, 0.717) is 5.56 Å². The molecule has 0 unspecified atom stereocenters. The van der Waals surface area contributed by atoms with E-state index in [1.165, 1.54) is 0 Å². The molecule has 5 atom stereocenters. The molecule has 254 valence electrons. The van der Waals surface area contributed by atoms with E-state index in [4.69, 9.17) is 34.2 Å². The molecule has 0 radical (unpaired) electrons. The molecule has 1 saturated heterocycles. The minimum absolute atomic E-state index is 0.0129. The van der Waals surface area contributed by atoms with Crippen LogP contribution in [0.25, 0.3) is 0 Å². The van der Waals surface area contributed by atoms with Crippen LogP contribution in [0.5, 0.6) is 0 Å². The number of carbonyl (C=O) groups excluding carboxylic acids is 4. The van der Waals surface area contributed by atoms with Crippen LogP contribution in [-0.2, 0) is 35.0 Å². The van der Waals surface area contributed by atoms with Gasteiger partial charge in [-0.2, -0.15) is 0 Å². The molecule has 3 N–H and O–H groups in total. The first-order valence-corrected chi connectivity index (χ1v) is 15.6. The highest BCUT2D eigenvalue weighted by atomic mass is 16.7. The molecule has 0 spiro atoms. The molecule has 1 aliphatic rings. The van der Waals surface area contributed by atoms with Crippen molar-refractivity contribution < 1.29 is 47.6 Å². The van der Waals surface area contributed by atoms with Crippen molar-refractivity contribution in [3.8, 4) is 0 Å². The van der Waals surface area contributed by atoms with E-state index >= 15 is 0 Å². The number of alkyl carbamates (subject to hydrolysis) is 1. The largest absolute Gasteiger partial charge is 0.459 e. The van der Waals surface area contributed by atoms with Gasteiger partial charge in [0.25, 0.3) is 0 Å². The molecule has 1 heterocycles. The van der Waals surface area contributed by atoms with Gasteiger partial charge in [-0.1, -0.05) is 84.9 Å². The SMILES string of the molecule is N[C@H]1[C@H](OC(=O)c2ccccc2)[C@@H](OC(=O)c2ccccc2)[C@H](OCCNC(=O)OCc2ccccc2)O[C@@H]1COC(=O)c1ccccc1. The Kier molecular flexibility index (Phi) is 12.5. The summed E-state index contributed by atoms with van der Waals surface area (Å²) in [5.41, 5.74) is 8.19. The van der Waals surface area contributed by atoms with Gasteiger partial charge in [-0.25, -0.2) is 19.2 Å². The zero-order chi connectivity index (χ0) is 34.4. The molecule has 0 bridgehead atoms. The van der Waals surface area contributed by atoms with Crippen molar-refractivity contribution in [1.29, 1.82) is 0 Å². The van der Waals surface area contributed by atoms with Crippen molar-refractivity contribution in [3.63, 3.8) is 0 Å². The molecule has 4 aromatic carbocycles. The van der Waals surface area contributed by atoms with Crippen LogP contribution < -0.4 is 11.1 Å². The Morgan fingerprint density at radius 2 is 1.12 bits per heavy atom. The third-order valence-corrected chi connectivity index (χ3v) is 7.47. The van der Waals surface area contributed by atoms with Gasteiger partial charge in [0.2, 0.25) is 0 Å². The Morgan fingerprint density at radius 1 is 0.633 bits per heavy atom. The number of hydrogen-bond donors (Lipinski definition) is 2. The van der Waals surface area contributed by atoms with Crippen LogP contribution in [0.3, 0.4) is 0 Å². The minimum Gasteiger partial charge on any atom is -0.459 e. The van der Waals surface area contributed by atoms with Gasteiger partial charge in [-0.05, 0) is 42.0 Å². The molecule has 4 aromatic rings. The van der Waals surface area contributed by atoms with Crippen LogP contribution >= 0.6 is 0 Å². The van der Waals surface area contributed by atoms with Crippen molar-refractivity contribution in [2.75, 3.05) is 19.8 Å². The smallest absolute Gasteiger partial charge is 0.407 e. The fourth-order valence-corrected chi connectivity index (χ4v) is 4.93. The number of hydrogen-bond acceptors (Lipinski definition) is 11. The molecular formula is C37H36N2O10. The molecule has 0 aromatic heterocycles. The van der Waals surface area contributed by atoms with Gasteiger partial charge in [0.1, 0.15) is 19.3 Å². The van der Waals surface area contributed by atoms with Crippen molar-refractivity contribution >= 4 is 24.0 Å². The Bertz CT molecular complexity index is 1660. The molecule has 1 amide bonds. The van der Waals surface area contributed by atoms with Gasteiger partial charge >= 0.3 is 24.0 Å². The summed E-state index contributed by atoms with van der Waals surface area (Å²) in [6.07, 6.45) is -5.75. The van der Waals surface area contributed by atoms with E-state index < -0.39 is 54.6 Å². The van der Waals surface area contributed by atoms with Crippen LogP contribution in [0.2, 0.25) is 0 Å². The number of rotatable bonds is 13. The number of ether oxygens (including phenoxy) is 6. The Balaban J connectivity index is 1.32. The van der Waals surface area contributed by atoms with E-state index in [-0.39, 0.29) is 37.5 Å². The molecule has 12 heteroatoms. The number of amides is 1. The summed E-state index contributed by atoms with van der Waals surface area (Å²) < 4.78 is 34.6. The maximum Gasteiger partial charge on any atom is 0.407 e.